The molecule has 0 fully saturated rings. The number of hydrogen-bond donors (Lipinski definition) is 2. The largest absolute Gasteiger partial charge is 0.453 e. The maximum Gasteiger partial charge on any atom is 0.407 e. The molecule has 7 nitrogen and oxygen atoms in total. The smallest absolute Gasteiger partial charge is 0.407 e. The summed E-state index contributed by atoms with van der Waals surface area (Å²) in [6.07, 6.45) is -0.213. The predicted molar refractivity (Wildman–Crippen MR) is 90.4 cm³/mol. The molecular formula is C16H25NO6S. The van der Waals surface area contributed by atoms with Crippen molar-refractivity contribution in [3.63, 3.8) is 0 Å². The van der Waals surface area contributed by atoms with Crippen LogP contribution in [0, 0.1) is 0 Å². The molecule has 2 unspecified atom stereocenters. The second-order valence-electron chi connectivity index (χ2n) is 5.73. The molecule has 0 saturated carbocycles. The van der Waals surface area contributed by atoms with Gasteiger partial charge in [0.15, 0.2) is 6.29 Å². The van der Waals surface area contributed by atoms with Crippen molar-refractivity contribution in [3.05, 3.63) is 35.9 Å². The number of nitrogens with one attached hydrogen (secondary N) is 1. The van der Waals surface area contributed by atoms with Gasteiger partial charge in [-0.3, -0.25) is 0 Å². The summed E-state index contributed by atoms with van der Waals surface area (Å²) in [6, 6.07) is 9.48. The molecule has 1 aromatic carbocycles. The lowest BCUT2D eigenvalue weighted by Crippen LogP contribution is -2.58. The Labute approximate surface area is 142 Å². The first-order valence-corrected chi connectivity index (χ1v) is 9.57. The van der Waals surface area contributed by atoms with Gasteiger partial charge in [0.2, 0.25) is 0 Å². The number of hydrogen-bond acceptors (Lipinski definition) is 6. The van der Waals surface area contributed by atoms with E-state index in [0.717, 1.165) is 11.8 Å². The number of aliphatic hydroxyl groups excluding tert-OH is 1. The third-order valence-electron chi connectivity index (χ3n) is 3.85. The lowest BCUT2D eigenvalue weighted by molar-refractivity contribution is -0.135. The summed E-state index contributed by atoms with van der Waals surface area (Å²) in [5, 5.41) is 12.9. The maximum absolute atomic E-state index is 11.7. The molecule has 0 radical (unpaired) electrons. The van der Waals surface area contributed by atoms with Crippen LogP contribution in [0.15, 0.2) is 30.3 Å². The van der Waals surface area contributed by atoms with E-state index >= 15 is 0 Å². The predicted octanol–water partition coefficient (Wildman–Crippen LogP) is 1.11. The fourth-order valence-corrected chi connectivity index (χ4v) is 3.15. The van der Waals surface area contributed by atoms with Gasteiger partial charge in [-0.15, -0.1) is 0 Å². The highest BCUT2D eigenvalue weighted by molar-refractivity contribution is 7.90. The number of rotatable bonds is 9. The van der Waals surface area contributed by atoms with Crippen LogP contribution in [0.1, 0.15) is 18.4 Å². The van der Waals surface area contributed by atoms with Crippen LogP contribution < -0.4 is 5.32 Å². The number of amides is 1. The molecule has 8 heteroatoms. The Hall–Kier alpha value is -1.64. The highest BCUT2D eigenvalue weighted by Gasteiger charge is 2.40. The molecule has 1 rings (SSSR count). The Kier molecular flexibility index (Phi) is 7.65. The van der Waals surface area contributed by atoms with Gasteiger partial charge in [0, 0.05) is 13.4 Å². The molecule has 0 saturated heterocycles. The number of sulfone groups is 1. The summed E-state index contributed by atoms with van der Waals surface area (Å²) in [6.45, 7) is 0. The quantitative estimate of drug-likeness (QED) is 0.641. The third kappa shape index (κ3) is 6.46. The van der Waals surface area contributed by atoms with E-state index in [1.807, 2.05) is 30.3 Å². The van der Waals surface area contributed by atoms with Gasteiger partial charge in [-0.25, -0.2) is 13.2 Å². The van der Waals surface area contributed by atoms with E-state index in [2.05, 4.69) is 10.1 Å². The topological polar surface area (TPSA) is 102 Å². The second-order valence-corrected chi connectivity index (χ2v) is 7.99. The van der Waals surface area contributed by atoms with Crippen molar-refractivity contribution >= 4 is 15.9 Å². The third-order valence-corrected chi connectivity index (χ3v) is 4.80. The zero-order valence-electron chi connectivity index (χ0n) is 14.2. The first kappa shape index (κ1) is 20.4. The monoisotopic (exact) mass is 359 g/mol. The van der Waals surface area contributed by atoms with Gasteiger partial charge in [-0.05, 0) is 24.8 Å². The highest BCUT2D eigenvalue weighted by Crippen LogP contribution is 2.25. The molecule has 0 aliphatic carbocycles. The lowest BCUT2D eigenvalue weighted by atomic mass is 9.87. The second kappa shape index (κ2) is 9.00. The van der Waals surface area contributed by atoms with Gasteiger partial charge in [-0.1, -0.05) is 30.3 Å². The van der Waals surface area contributed by atoms with Crippen molar-refractivity contribution < 1.29 is 27.8 Å². The minimum Gasteiger partial charge on any atom is -0.453 e. The van der Waals surface area contributed by atoms with Gasteiger partial charge in [0.1, 0.15) is 9.84 Å². The van der Waals surface area contributed by atoms with E-state index in [0.29, 0.717) is 6.42 Å². The van der Waals surface area contributed by atoms with E-state index in [9.17, 15) is 18.3 Å². The molecule has 0 aliphatic heterocycles. The summed E-state index contributed by atoms with van der Waals surface area (Å²) in [4.78, 5) is 11.7. The minimum atomic E-state index is -3.28. The Bertz CT molecular complexity index is 619. The highest BCUT2D eigenvalue weighted by atomic mass is 32.2. The van der Waals surface area contributed by atoms with E-state index in [1.165, 1.54) is 14.2 Å². The Morgan fingerprint density at radius 2 is 1.88 bits per heavy atom. The number of methoxy groups -OCH3 is 2. The molecule has 24 heavy (non-hydrogen) atoms. The van der Waals surface area contributed by atoms with Crippen LogP contribution in [-0.2, 0) is 25.7 Å². The molecule has 0 aliphatic rings. The van der Waals surface area contributed by atoms with Gasteiger partial charge < -0.3 is 19.9 Å². The Morgan fingerprint density at radius 1 is 1.25 bits per heavy atom. The average molecular weight is 359 g/mol. The van der Waals surface area contributed by atoms with Crippen LogP contribution >= 0.6 is 0 Å². The molecule has 1 aromatic rings. The molecule has 0 bridgehead atoms. The van der Waals surface area contributed by atoms with E-state index in [1.54, 1.807) is 0 Å². The van der Waals surface area contributed by atoms with Crippen LogP contribution in [0.5, 0.6) is 0 Å². The Balaban J connectivity index is 3.05. The number of carbonyl (C=O) groups is 1. The van der Waals surface area contributed by atoms with Crippen molar-refractivity contribution in [2.45, 2.75) is 31.1 Å². The van der Waals surface area contributed by atoms with Crippen molar-refractivity contribution in [2.75, 3.05) is 26.2 Å². The lowest BCUT2D eigenvalue weighted by Gasteiger charge is -2.37. The van der Waals surface area contributed by atoms with E-state index in [-0.39, 0.29) is 18.6 Å². The van der Waals surface area contributed by atoms with E-state index in [4.69, 9.17) is 4.74 Å². The average Bonchev–Trinajstić information content (AvgIpc) is 2.56. The molecular weight excluding hydrogens is 334 g/mol. The van der Waals surface area contributed by atoms with Gasteiger partial charge in [-0.2, -0.15) is 0 Å². The van der Waals surface area contributed by atoms with E-state index < -0.39 is 27.8 Å². The molecule has 0 spiro atoms. The SMILES string of the molecule is COC(=O)NC(CCc1ccccc1)(CCS(C)(=O)=O)C(O)OC. The van der Waals surface area contributed by atoms with Crippen LogP contribution in [0.2, 0.25) is 0 Å². The van der Waals surface area contributed by atoms with Crippen LogP contribution in [0.25, 0.3) is 0 Å². The summed E-state index contributed by atoms with van der Waals surface area (Å²) in [5.74, 6) is -0.202. The number of carbonyl (C=O) groups excluding carboxylic acids is 1. The van der Waals surface area contributed by atoms with Gasteiger partial charge >= 0.3 is 6.09 Å². The van der Waals surface area contributed by atoms with Gasteiger partial charge in [0.05, 0.1) is 18.4 Å². The Morgan fingerprint density at radius 3 is 2.38 bits per heavy atom. The normalized spacial score (nSPS) is 15.3. The van der Waals surface area contributed by atoms with Crippen molar-refractivity contribution in [2.24, 2.45) is 0 Å². The van der Waals surface area contributed by atoms with Crippen LogP contribution in [0.4, 0.5) is 4.79 Å². The number of ether oxygens (including phenoxy) is 2. The number of aryl methyl sites for hydroxylation is 1. The minimum absolute atomic E-state index is 0.00275. The first-order chi connectivity index (χ1) is 11.2. The first-order valence-electron chi connectivity index (χ1n) is 7.51. The zero-order valence-corrected chi connectivity index (χ0v) is 15.0. The zero-order chi connectivity index (χ0) is 18.2. The van der Waals surface area contributed by atoms with Crippen molar-refractivity contribution in [3.8, 4) is 0 Å². The molecule has 2 atom stereocenters. The number of aliphatic hydroxyl groups is 1. The molecule has 0 heterocycles. The summed E-state index contributed by atoms with van der Waals surface area (Å²) < 4.78 is 32.7. The van der Waals surface area contributed by atoms with Crippen molar-refractivity contribution in [1.82, 2.24) is 5.32 Å². The van der Waals surface area contributed by atoms with Crippen molar-refractivity contribution in [1.29, 1.82) is 0 Å². The van der Waals surface area contributed by atoms with Crippen LogP contribution in [0.3, 0.4) is 0 Å². The maximum atomic E-state index is 11.7. The summed E-state index contributed by atoms with van der Waals surface area (Å²) in [7, 11) is -0.789. The number of benzene rings is 1. The fraction of sp³-hybridized carbons (Fsp3) is 0.562. The molecule has 2 N–H and O–H groups in total. The standard InChI is InChI=1S/C16H25NO6S/c1-22-14(18)16(17-15(19)23-2,11-12-24(3,20)21)10-9-13-7-5-4-6-8-13/h4-8,14,18H,9-12H2,1-3H3,(H,17,19). The summed E-state index contributed by atoms with van der Waals surface area (Å²) in [5.41, 5.74) is -0.281. The fourth-order valence-electron chi connectivity index (χ4n) is 2.42. The molecule has 0 aromatic heterocycles. The summed E-state index contributed by atoms with van der Waals surface area (Å²) >= 11 is 0. The van der Waals surface area contributed by atoms with Gasteiger partial charge in [0.25, 0.3) is 0 Å². The molecule has 1 amide bonds. The number of alkyl carbamates (subject to hydrolysis) is 1. The van der Waals surface area contributed by atoms with Crippen LogP contribution in [-0.4, -0.2) is 57.7 Å². The molecule has 136 valence electrons.